The van der Waals surface area contributed by atoms with Gasteiger partial charge in [-0.05, 0) is 23.8 Å². The molecule has 0 aliphatic rings. The summed E-state index contributed by atoms with van der Waals surface area (Å²) in [6.07, 6.45) is 1.11. The van der Waals surface area contributed by atoms with Gasteiger partial charge >= 0.3 is 5.97 Å². The molecule has 0 radical (unpaired) electrons. The van der Waals surface area contributed by atoms with E-state index in [9.17, 15) is 4.79 Å². The lowest BCUT2D eigenvalue weighted by molar-refractivity contribution is -0.138. The molecule has 82 valence electrons. The van der Waals surface area contributed by atoms with Gasteiger partial charge in [0.2, 0.25) is 0 Å². The summed E-state index contributed by atoms with van der Waals surface area (Å²) < 4.78 is 0. The second kappa shape index (κ2) is 5.54. The molecule has 15 heavy (non-hydrogen) atoms. The van der Waals surface area contributed by atoms with Crippen LogP contribution in [-0.4, -0.2) is 11.1 Å². The summed E-state index contributed by atoms with van der Waals surface area (Å²) >= 11 is 0. The smallest absolute Gasteiger partial charge is 0.303 e. The predicted octanol–water partition coefficient (Wildman–Crippen LogP) is 2.98. The van der Waals surface area contributed by atoms with E-state index in [0.717, 1.165) is 6.42 Å². The van der Waals surface area contributed by atoms with Crippen LogP contribution in [0.15, 0.2) is 30.3 Å². The van der Waals surface area contributed by atoms with Gasteiger partial charge in [-0.3, -0.25) is 4.79 Å². The summed E-state index contributed by atoms with van der Waals surface area (Å²) in [5.74, 6) is -0.0733. The van der Waals surface area contributed by atoms with Gasteiger partial charge in [0.25, 0.3) is 0 Å². The minimum atomic E-state index is -0.704. The average Bonchev–Trinajstić information content (AvgIpc) is 2.17. The first-order valence-corrected chi connectivity index (χ1v) is 5.35. The molecule has 0 saturated heterocycles. The molecule has 1 aromatic carbocycles. The number of carboxylic acid groups (broad SMARTS) is 1. The Hall–Kier alpha value is -1.31. The van der Waals surface area contributed by atoms with Crippen LogP contribution in [0.2, 0.25) is 0 Å². The van der Waals surface area contributed by atoms with E-state index in [1.54, 1.807) is 0 Å². The number of benzene rings is 1. The Morgan fingerprint density at radius 3 is 2.33 bits per heavy atom. The van der Waals surface area contributed by atoms with Crippen molar-refractivity contribution >= 4 is 5.97 Å². The van der Waals surface area contributed by atoms with Crippen LogP contribution in [0.25, 0.3) is 0 Å². The fourth-order valence-electron chi connectivity index (χ4n) is 1.68. The lowest BCUT2D eigenvalue weighted by Crippen LogP contribution is -2.16. The number of hydrogen-bond acceptors (Lipinski definition) is 1. The van der Waals surface area contributed by atoms with Gasteiger partial charge in [-0.15, -0.1) is 0 Å². The molecule has 1 aromatic rings. The van der Waals surface area contributed by atoms with E-state index in [0.29, 0.717) is 5.92 Å². The number of carbonyl (C=O) groups is 1. The van der Waals surface area contributed by atoms with Gasteiger partial charge in [-0.2, -0.15) is 0 Å². The van der Waals surface area contributed by atoms with Crippen LogP contribution in [-0.2, 0) is 11.2 Å². The molecular formula is C13H18O2. The molecular weight excluding hydrogens is 188 g/mol. The highest BCUT2D eigenvalue weighted by Crippen LogP contribution is 2.20. The van der Waals surface area contributed by atoms with Crippen LogP contribution in [0, 0.1) is 11.8 Å². The van der Waals surface area contributed by atoms with Crippen molar-refractivity contribution in [3.8, 4) is 0 Å². The molecule has 2 heteroatoms. The Morgan fingerprint density at radius 2 is 1.87 bits per heavy atom. The number of rotatable bonds is 5. The molecule has 1 N–H and O–H groups in total. The van der Waals surface area contributed by atoms with E-state index in [2.05, 4.69) is 26.0 Å². The quantitative estimate of drug-likeness (QED) is 0.804. The van der Waals surface area contributed by atoms with E-state index < -0.39 is 5.97 Å². The van der Waals surface area contributed by atoms with Crippen molar-refractivity contribution in [1.29, 1.82) is 0 Å². The van der Waals surface area contributed by atoms with Gasteiger partial charge in [0.05, 0.1) is 0 Å². The zero-order chi connectivity index (χ0) is 11.3. The lowest BCUT2D eigenvalue weighted by Gasteiger charge is -2.18. The predicted molar refractivity (Wildman–Crippen MR) is 60.7 cm³/mol. The SMILES string of the molecule is CC(C)C(CC(=O)O)Cc1ccccc1. The van der Waals surface area contributed by atoms with Gasteiger partial charge in [-0.1, -0.05) is 44.2 Å². The fraction of sp³-hybridized carbons (Fsp3) is 0.462. The van der Waals surface area contributed by atoms with Crippen molar-refractivity contribution < 1.29 is 9.90 Å². The molecule has 0 saturated carbocycles. The standard InChI is InChI=1S/C13H18O2/c1-10(2)12(9-13(14)15)8-11-6-4-3-5-7-11/h3-7,10,12H,8-9H2,1-2H3,(H,14,15). The van der Waals surface area contributed by atoms with Gasteiger partial charge in [-0.25, -0.2) is 0 Å². The Morgan fingerprint density at radius 1 is 1.27 bits per heavy atom. The summed E-state index contributed by atoms with van der Waals surface area (Å²) in [4.78, 5) is 10.7. The molecule has 1 unspecified atom stereocenters. The van der Waals surface area contributed by atoms with E-state index in [1.807, 2.05) is 18.2 Å². The Labute approximate surface area is 90.9 Å². The molecule has 0 bridgehead atoms. The van der Waals surface area contributed by atoms with Gasteiger partial charge in [0.1, 0.15) is 0 Å². The molecule has 0 fully saturated rings. The highest BCUT2D eigenvalue weighted by Gasteiger charge is 2.17. The van der Waals surface area contributed by atoms with Crippen molar-refractivity contribution in [1.82, 2.24) is 0 Å². The zero-order valence-corrected chi connectivity index (χ0v) is 9.31. The van der Waals surface area contributed by atoms with Crippen LogP contribution in [0.3, 0.4) is 0 Å². The highest BCUT2D eigenvalue weighted by atomic mass is 16.4. The maximum Gasteiger partial charge on any atom is 0.303 e. The summed E-state index contributed by atoms with van der Waals surface area (Å²) in [7, 11) is 0. The van der Waals surface area contributed by atoms with E-state index in [4.69, 9.17) is 5.11 Å². The maximum atomic E-state index is 10.7. The second-order valence-corrected chi connectivity index (χ2v) is 4.29. The van der Waals surface area contributed by atoms with Gasteiger partial charge in [0.15, 0.2) is 0 Å². The average molecular weight is 206 g/mol. The van der Waals surface area contributed by atoms with Crippen molar-refractivity contribution in [2.24, 2.45) is 11.8 Å². The monoisotopic (exact) mass is 206 g/mol. The molecule has 0 aliphatic heterocycles. The first-order chi connectivity index (χ1) is 7.09. The maximum absolute atomic E-state index is 10.7. The van der Waals surface area contributed by atoms with Crippen LogP contribution >= 0.6 is 0 Å². The van der Waals surface area contributed by atoms with Crippen LogP contribution in [0.4, 0.5) is 0 Å². The van der Waals surface area contributed by atoms with Crippen LogP contribution in [0.5, 0.6) is 0 Å². The molecule has 0 aliphatic carbocycles. The topological polar surface area (TPSA) is 37.3 Å². The first kappa shape index (κ1) is 11.8. The van der Waals surface area contributed by atoms with Crippen molar-refractivity contribution in [3.05, 3.63) is 35.9 Å². The van der Waals surface area contributed by atoms with E-state index in [1.165, 1.54) is 5.56 Å². The number of hydrogen-bond donors (Lipinski definition) is 1. The third-order valence-corrected chi connectivity index (χ3v) is 2.72. The number of carboxylic acids is 1. The molecule has 0 heterocycles. The minimum Gasteiger partial charge on any atom is -0.481 e. The third-order valence-electron chi connectivity index (χ3n) is 2.72. The summed E-state index contributed by atoms with van der Waals surface area (Å²) in [5.41, 5.74) is 1.22. The van der Waals surface area contributed by atoms with E-state index in [-0.39, 0.29) is 12.3 Å². The van der Waals surface area contributed by atoms with Crippen LogP contribution < -0.4 is 0 Å². The Kier molecular flexibility index (Phi) is 4.35. The van der Waals surface area contributed by atoms with Crippen molar-refractivity contribution in [2.45, 2.75) is 26.7 Å². The summed E-state index contributed by atoms with van der Waals surface area (Å²) in [6, 6.07) is 10.1. The minimum absolute atomic E-state index is 0.227. The van der Waals surface area contributed by atoms with E-state index >= 15 is 0 Å². The molecule has 0 aromatic heterocycles. The van der Waals surface area contributed by atoms with Crippen molar-refractivity contribution in [2.75, 3.05) is 0 Å². The normalized spacial score (nSPS) is 12.7. The zero-order valence-electron chi connectivity index (χ0n) is 9.31. The van der Waals surface area contributed by atoms with Gasteiger partial charge < -0.3 is 5.11 Å². The molecule has 2 nitrogen and oxygen atoms in total. The molecule has 1 rings (SSSR count). The Bertz CT molecular complexity index is 304. The molecule has 1 atom stereocenters. The third kappa shape index (κ3) is 4.15. The highest BCUT2D eigenvalue weighted by molar-refractivity contribution is 5.67. The molecule has 0 amide bonds. The van der Waals surface area contributed by atoms with Crippen molar-refractivity contribution in [3.63, 3.8) is 0 Å². The summed E-state index contributed by atoms with van der Waals surface area (Å²) in [6.45, 7) is 4.16. The largest absolute Gasteiger partial charge is 0.481 e. The summed E-state index contributed by atoms with van der Waals surface area (Å²) in [5, 5.41) is 8.81. The number of aliphatic carboxylic acids is 1. The lowest BCUT2D eigenvalue weighted by atomic mass is 9.87. The molecule has 0 spiro atoms. The van der Waals surface area contributed by atoms with Gasteiger partial charge in [0, 0.05) is 6.42 Å². The Balaban J connectivity index is 2.63. The van der Waals surface area contributed by atoms with Crippen LogP contribution in [0.1, 0.15) is 25.8 Å². The second-order valence-electron chi connectivity index (χ2n) is 4.29. The fourth-order valence-corrected chi connectivity index (χ4v) is 1.68. The first-order valence-electron chi connectivity index (χ1n) is 5.35.